The second-order valence-corrected chi connectivity index (χ2v) is 7.24. The monoisotopic (exact) mass is 286 g/mol. The predicted molar refractivity (Wildman–Crippen MR) is 89.5 cm³/mol. The molecule has 0 radical (unpaired) electrons. The number of piperazine rings is 1. The fourth-order valence-electron chi connectivity index (χ4n) is 3.54. The van der Waals surface area contributed by atoms with Crippen LogP contribution in [-0.4, -0.2) is 30.1 Å². The van der Waals surface area contributed by atoms with Crippen LogP contribution in [0.3, 0.4) is 0 Å². The summed E-state index contributed by atoms with van der Waals surface area (Å²) >= 11 is 0. The van der Waals surface area contributed by atoms with Crippen molar-refractivity contribution >= 4 is 0 Å². The molecule has 3 rings (SSSR count). The largest absolute Gasteiger partial charge is 0.311 e. The van der Waals surface area contributed by atoms with Gasteiger partial charge in [-0.3, -0.25) is 4.90 Å². The number of rotatable bonds is 5. The Balaban J connectivity index is 1.67. The standard InChI is InChI=1S/C19H30N2/c1-4-18-13-21(19(11-20-18)17-9-10-17)12-15-5-7-16(8-6-15)14(2)3/h5-8,14,17-20H,4,9-13H2,1-3H3. The van der Waals surface area contributed by atoms with Crippen molar-refractivity contribution in [3.8, 4) is 0 Å². The maximum atomic E-state index is 3.74. The first-order valence-corrected chi connectivity index (χ1v) is 8.73. The molecule has 21 heavy (non-hydrogen) atoms. The summed E-state index contributed by atoms with van der Waals surface area (Å²) in [7, 11) is 0. The molecule has 116 valence electrons. The Labute approximate surface area is 129 Å². The lowest BCUT2D eigenvalue weighted by Gasteiger charge is -2.40. The van der Waals surface area contributed by atoms with Gasteiger partial charge in [-0.1, -0.05) is 45.0 Å². The van der Waals surface area contributed by atoms with Gasteiger partial charge in [0.05, 0.1) is 0 Å². The summed E-state index contributed by atoms with van der Waals surface area (Å²) < 4.78 is 0. The van der Waals surface area contributed by atoms with Crippen LogP contribution in [0.1, 0.15) is 57.1 Å². The fourth-order valence-corrected chi connectivity index (χ4v) is 3.54. The van der Waals surface area contributed by atoms with Gasteiger partial charge in [-0.15, -0.1) is 0 Å². The zero-order chi connectivity index (χ0) is 14.8. The predicted octanol–water partition coefficient (Wildman–Crippen LogP) is 3.77. The van der Waals surface area contributed by atoms with Crippen molar-refractivity contribution in [2.24, 2.45) is 5.92 Å². The third-order valence-corrected chi connectivity index (χ3v) is 5.23. The lowest BCUT2D eigenvalue weighted by molar-refractivity contribution is 0.106. The highest BCUT2D eigenvalue weighted by molar-refractivity contribution is 5.24. The summed E-state index contributed by atoms with van der Waals surface area (Å²) in [6.07, 6.45) is 4.11. The molecule has 1 aromatic carbocycles. The van der Waals surface area contributed by atoms with Crippen LogP contribution in [0.25, 0.3) is 0 Å². The Kier molecular flexibility index (Phi) is 4.66. The topological polar surface area (TPSA) is 15.3 Å². The highest BCUT2D eigenvalue weighted by Crippen LogP contribution is 2.37. The zero-order valence-electron chi connectivity index (χ0n) is 13.8. The van der Waals surface area contributed by atoms with E-state index >= 15 is 0 Å². The maximum Gasteiger partial charge on any atom is 0.0253 e. The number of hydrogen-bond acceptors (Lipinski definition) is 2. The molecule has 1 saturated carbocycles. The maximum absolute atomic E-state index is 3.74. The molecule has 2 nitrogen and oxygen atoms in total. The average molecular weight is 286 g/mol. The summed E-state index contributed by atoms with van der Waals surface area (Å²) in [5.41, 5.74) is 2.92. The minimum absolute atomic E-state index is 0.627. The molecule has 2 aliphatic rings. The van der Waals surface area contributed by atoms with Gasteiger partial charge in [0, 0.05) is 31.7 Å². The quantitative estimate of drug-likeness (QED) is 0.886. The molecule has 2 atom stereocenters. The van der Waals surface area contributed by atoms with Crippen molar-refractivity contribution in [2.45, 2.75) is 64.6 Å². The van der Waals surface area contributed by atoms with E-state index in [1.807, 2.05) is 0 Å². The third-order valence-electron chi connectivity index (χ3n) is 5.23. The average Bonchev–Trinajstić information content (AvgIpc) is 3.32. The molecule has 1 aromatic rings. The van der Waals surface area contributed by atoms with Crippen LogP contribution in [-0.2, 0) is 6.54 Å². The number of benzene rings is 1. The minimum Gasteiger partial charge on any atom is -0.311 e. The van der Waals surface area contributed by atoms with E-state index in [1.54, 1.807) is 0 Å². The van der Waals surface area contributed by atoms with E-state index in [0.717, 1.165) is 18.5 Å². The van der Waals surface area contributed by atoms with Gasteiger partial charge in [0.1, 0.15) is 0 Å². The smallest absolute Gasteiger partial charge is 0.0253 e. The van der Waals surface area contributed by atoms with E-state index in [2.05, 4.69) is 55.3 Å². The van der Waals surface area contributed by atoms with Gasteiger partial charge in [0.15, 0.2) is 0 Å². The Morgan fingerprint density at radius 3 is 2.48 bits per heavy atom. The molecule has 1 aliphatic heterocycles. The second-order valence-electron chi connectivity index (χ2n) is 7.24. The zero-order valence-corrected chi connectivity index (χ0v) is 13.8. The van der Waals surface area contributed by atoms with Crippen molar-refractivity contribution in [1.82, 2.24) is 10.2 Å². The summed E-state index contributed by atoms with van der Waals surface area (Å²) in [6, 6.07) is 10.7. The SMILES string of the molecule is CCC1CN(Cc2ccc(C(C)C)cc2)C(C2CC2)CN1. The molecule has 1 saturated heterocycles. The van der Waals surface area contributed by atoms with Gasteiger partial charge in [0.2, 0.25) is 0 Å². The molecule has 0 amide bonds. The highest BCUT2D eigenvalue weighted by Gasteiger charge is 2.38. The minimum atomic E-state index is 0.627. The molecular formula is C19H30N2. The van der Waals surface area contributed by atoms with Gasteiger partial charge >= 0.3 is 0 Å². The molecule has 0 spiro atoms. The van der Waals surface area contributed by atoms with Crippen molar-refractivity contribution < 1.29 is 0 Å². The van der Waals surface area contributed by atoms with Crippen molar-refractivity contribution in [3.05, 3.63) is 35.4 Å². The number of nitrogens with zero attached hydrogens (tertiary/aromatic N) is 1. The summed E-state index contributed by atoms with van der Waals surface area (Å²) in [5, 5.41) is 3.74. The van der Waals surface area contributed by atoms with Gasteiger partial charge in [-0.2, -0.15) is 0 Å². The third kappa shape index (κ3) is 3.67. The van der Waals surface area contributed by atoms with Crippen molar-refractivity contribution in [2.75, 3.05) is 13.1 Å². The van der Waals surface area contributed by atoms with Gasteiger partial charge < -0.3 is 5.32 Å². The first-order valence-electron chi connectivity index (χ1n) is 8.73. The van der Waals surface area contributed by atoms with Crippen LogP contribution >= 0.6 is 0 Å². The molecule has 2 unspecified atom stereocenters. The highest BCUT2D eigenvalue weighted by atomic mass is 15.2. The van der Waals surface area contributed by atoms with E-state index in [-0.39, 0.29) is 0 Å². The summed E-state index contributed by atoms with van der Waals surface area (Å²) in [6.45, 7) is 10.3. The van der Waals surface area contributed by atoms with Gasteiger partial charge in [-0.05, 0) is 42.2 Å². The van der Waals surface area contributed by atoms with E-state index in [4.69, 9.17) is 0 Å². The van der Waals surface area contributed by atoms with Gasteiger partial charge in [-0.25, -0.2) is 0 Å². The molecule has 1 N–H and O–H groups in total. The summed E-state index contributed by atoms with van der Waals surface area (Å²) in [5.74, 6) is 1.58. The van der Waals surface area contributed by atoms with Crippen LogP contribution in [0, 0.1) is 5.92 Å². The van der Waals surface area contributed by atoms with Crippen molar-refractivity contribution in [3.63, 3.8) is 0 Å². The first-order chi connectivity index (χ1) is 10.2. The normalized spacial score (nSPS) is 27.2. The Bertz CT molecular complexity index is 447. The molecule has 0 bridgehead atoms. The van der Waals surface area contributed by atoms with E-state index in [9.17, 15) is 0 Å². The first kappa shape index (κ1) is 15.1. The lowest BCUT2D eigenvalue weighted by Crippen LogP contribution is -2.56. The Hall–Kier alpha value is -0.860. The molecular weight excluding hydrogens is 256 g/mol. The number of hydrogen-bond donors (Lipinski definition) is 1. The Morgan fingerprint density at radius 1 is 1.19 bits per heavy atom. The Morgan fingerprint density at radius 2 is 1.90 bits per heavy atom. The van der Waals surface area contributed by atoms with Crippen LogP contribution < -0.4 is 5.32 Å². The molecule has 1 aliphatic carbocycles. The molecule has 2 heteroatoms. The second kappa shape index (κ2) is 6.50. The molecule has 0 aromatic heterocycles. The number of nitrogens with one attached hydrogen (secondary N) is 1. The van der Waals surface area contributed by atoms with Crippen LogP contribution in [0.2, 0.25) is 0 Å². The van der Waals surface area contributed by atoms with E-state index in [1.165, 1.54) is 43.5 Å². The van der Waals surface area contributed by atoms with Crippen LogP contribution in [0.4, 0.5) is 0 Å². The lowest BCUT2D eigenvalue weighted by atomic mass is 9.99. The van der Waals surface area contributed by atoms with Crippen LogP contribution in [0.5, 0.6) is 0 Å². The fraction of sp³-hybridized carbons (Fsp3) is 0.684. The van der Waals surface area contributed by atoms with E-state index in [0.29, 0.717) is 12.0 Å². The van der Waals surface area contributed by atoms with Crippen LogP contribution in [0.15, 0.2) is 24.3 Å². The molecule has 2 fully saturated rings. The van der Waals surface area contributed by atoms with Gasteiger partial charge in [0.25, 0.3) is 0 Å². The van der Waals surface area contributed by atoms with Crippen molar-refractivity contribution in [1.29, 1.82) is 0 Å². The van der Waals surface area contributed by atoms with E-state index < -0.39 is 0 Å². The summed E-state index contributed by atoms with van der Waals surface area (Å²) in [4.78, 5) is 2.74. The molecule has 1 heterocycles.